The van der Waals surface area contributed by atoms with E-state index in [1.807, 2.05) is 0 Å². The van der Waals surface area contributed by atoms with E-state index in [2.05, 4.69) is 0 Å². The Hall–Kier alpha value is -1.37. The largest absolute Gasteiger partial charge is 0.478 e. The van der Waals surface area contributed by atoms with Crippen molar-refractivity contribution in [2.24, 2.45) is 0 Å². The molecular weight excluding hydrogens is 245 g/mol. The molecule has 0 aromatic heterocycles. The first-order chi connectivity index (χ1) is 7.23. The molecule has 16 heavy (non-hydrogen) atoms. The van der Waals surface area contributed by atoms with Crippen LogP contribution in [0.15, 0.2) is 23.1 Å². The number of benzene rings is 1. The maximum Gasteiger partial charge on any atom is 0.416 e. The second kappa shape index (κ2) is 4.25. The van der Waals surface area contributed by atoms with Gasteiger partial charge < -0.3 is 5.11 Å². The van der Waals surface area contributed by atoms with E-state index in [1.165, 1.54) is 6.26 Å². The van der Waals surface area contributed by atoms with Crippen molar-refractivity contribution in [3.63, 3.8) is 0 Å². The van der Waals surface area contributed by atoms with Crippen molar-refractivity contribution >= 4 is 16.8 Å². The Labute approximate surface area is 91.4 Å². The molecule has 0 bridgehead atoms. The average Bonchev–Trinajstić information content (AvgIpc) is 2.15. The number of rotatable bonds is 2. The smallest absolute Gasteiger partial charge is 0.416 e. The fourth-order valence-electron chi connectivity index (χ4n) is 1.12. The van der Waals surface area contributed by atoms with Crippen LogP contribution in [-0.4, -0.2) is 21.5 Å². The SMILES string of the molecule is CS(=O)c1ccc(C(F)(F)F)cc1C(=O)O. The number of carbonyl (C=O) groups is 1. The molecule has 0 aliphatic heterocycles. The van der Waals surface area contributed by atoms with Crippen LogP contribution < -0.4 is 0 Å². The van der Waals surface area contributed by atoms with Gasteiger partial charge in [0.2, 0.25) is 0 Å². The second-order valence-corrected chi connectivity index (χ2v) is 4.32. The molecule has 0 amide bonds. The van der Waals surface area contributed by atoms with E-state index >= 15 is 0 Å². The molecule has 0 saturated heterocycles. The van der Waals surface area contributed by atoms with Crippen LogP contribution in [0, 0.1) is 0 Å². The first-order valence-electron chi connectivity index (χ1n) is 4.01. The molecule has 7 heteroatoms. The highest BCUT2D eigenvalue weighted by molar-refractivity contribution is 7.84. The van der Waals surface area contributed by atoms with Crippen LogP contribution in [0.1, 0.15) is 15.9 Å². The Kier molecular flexibility index (Phi) is 3.37. The number of alkyl halides is 3. The molecule has 88 valence electrons. The third-order valence-electron chi connectivity index (χ3n) is 1.85. The molecule has 0 fully saturated rings. The highest BCUT2D eigenvalue weighted by Crippen LogP contribution is 2.31. The number of hydrogen-bond donors (Lipinski definition) is 1. The Balaban J connectivity index is 3.40. The third kappa shape index (κ3) is 2.60. The lowest BCUT2D eigenvalue weighted by atomic mass is 10.1. The summed E-state index contributed by atoms with van der Waals surface area (Å²) in [6.45, 7) is 0. The van der Waals surface area contributed by atoms with E-state index in [9.17, 15) is 22.2 Å². The van der Waals surface area contributed by atoms with Gasteiger partial charge in [0.05, 0.1) is 26.8 Å². The Morgan fingerprint density at radius 2 is 1.94 bits per heavy atom. The monoisotopic (exact) mass is 252 g/mol. The van der Waals surface area contributed by atoms with E-state index in [0.717, 1.165) is 6.07 Å². The van der Waals surface area contributed by atoms with Crippen LogP contribution in [-0.2, 0) is 17.0 Å². The number of carboxylic acids is 1. The van der Waals surface area contributed by atoms with Gasteiger partial charge in [0, 0.05) is 6.26 Å². The molecule has 1 N–H and O–H groups in total. The average molecular weight is 252 g/mol. The van der Waals surface area contributed by atoms with Crippen molar-refractivity contribution < 1.29 is 27.3 Å². The van der Waals surface area contributed by atoms with E-state index in [0.29, 0.717) is 12.1 Å². The van der Waals surface area contributed by atoms with Gasteiger partial charge in [-0.2, -0.15) is 13.2 Å². The van der Waals surface area contributed by atoms with Crippen LogP contribution in [0.4, 0.5) is 13.2 Å². The highest BCUT2D eigenvalue weighted by Gasteiger charge is 2.32. The predicted molar refractivity (Wildman–Crippen MR) is 50.7 cm³/mol. The molecule has 0 heterocycles. The summed E-state index contributed by atoms with van der Waals surface area (Å²) in [7, 11) is -1.64. The Morgan fingerprint density at radius 1 is 1.38 bits per heavy atom. The summed E-state index contributed by atoms with van der Waals surface area (Å²) < 4.78 is 48.0. The topological polar surface area (TPSA) is 54.4 Å². The van der Waals surface area contributed by atoms with Gasteiger partial charge in [-0.05, 0) is 18.2 Å². The lowest BCUT2D eigenvalue weighted by molar-refractivity contribution is -0.137. The fraction of sp³-hybridized carbons (Fsp3) is 0.222. The molecule has 1 unspecified atom stereocenters. The van der Waals surface area contributed by atoms with Crippen molar-refractivity contribution in [3.8, 4) is 0 Å². The van der Waals surface area contributed by atoms with Gasteiger partial charge in [-0.3, -0.25) is 4.21 Å². The maximum absolute atomic E-state index is 12.3. The molecule has 0 radical (unpaired) electrons. The van der Waals surface area contributed by atoms with Gasteiger partial charge in [0.1, 0.15) is 0 Å². The summed E-state index contributed by atoms with van der Waals surface area (Å²) in [5.74, 6) is -1.53. The zero-order valence-electron chi connectivity index (χ0n) is 8.04. The van der Waals surface area contributed by atoms with Crippen molar-refractivity contribution in [1.29, 1.82) is 0 Å². The Morgan fingerprint density at radius 3 is 2.31 bits per heavy atom. The van der Waals surface area contributed by atoms with Crippen molar-refractivity contribution in [2.45, 2.75) is 11.1 Å². The molecule has 0 aliphatic rings. The number of halogens is 3. The third-order valence-corrected chi connectivity index (χ3v) is 2.82. The van der Waals surface area contributed by atoms with Gasteiger partial charge >= 0.3 is 12.1 Å². The molecule has 1 atom stereocenters. The summed E-state index contributed by atoms with van der Waals surface area (Å²) in [6, 6.07) is 2.12. The van der Waals surface area contributed by atoms with E-state index < -0.39 is 34.1 Å². The van der Waals surface area contributed by atoms with Crippen LogP contribution in [0.5, 0.6) is 0 Å². The summed E-state index contributed by atoms with van der Waals surface area (Å²) in [4.78, 5) is 10.6. The van der Waals surface area contributed by atoms with Crippen LogP contribution in [0.2, 0.25) is 0 Å². The summed E-state index contributed by atoms with van der Waals surface area (Å²) >= 11 is 0. The number of aromatic carboxylic acids is 1. The normalized spacial score (nSPS) is 13.5. The first kappa shape index (κ1) is 12.7. The highest BCUT2D eigenvalue weighted by atomic mass is 32.2. The minimum absolute atomic E-state index is 0.125. The molecule has 0 spiro atoms. The summed E-state index contributed by atoms with van der Waals surface area (Å²) in [6.07, 6.45) is -3.41. The predicted octanol–water partition coefficient (Wildman–Crippen LogP) is 2.14. The van der Waals surface area contributed by atoms with Crippen LogP contribution in [0.3, 0.4) is 0 Å². The zero-order chi connectivity index (χ0) is 12.5. The lowest BCUT2D eigenvalue weighted by Gasteiger charge is -2.09. The molecule has 0 saturated carbocycles. The van der Waals surface area contributed by atoms with Crippen molar-refractivity contribution in [1.82, 2.24) is 0 Å². The van der Waals surface area contributed by atoms with Gasteiger partial charge in [-0.1, -0.05) is 0 Å². The molecule has 1 rings (SSSR count). The minimum atomic E-state index is -4.61. The van der Waals surface area contributed by atoms with Crippen LogP contribution in [0.25, 0.3) is 0 Å². The van der Waals surface area contributed by atoms with Gasteiger partial charge in [-0.15, -0.1) is 0 Å². The van der Waals surface area contributed by atoms with Crippen LogP contribution >= 0.6 is 0 Å². The molecular formula is C9H7F3O3S. The standard InChI is InChI=1S/C9H7F3O3S/c1-16(15)7-3-2-5(9(10,11)12)4-6(7)8(13)14/h2-4H,1H3,(H,13,14). The Bertz CT molecular complexity index is 454. The molecule has 1 aromatic rings. The summed E-state index contributed by atoms with van der Waals surface area (Å²) in [5, 5.41) is 8.70. The van der Waals surface area contributed by atoms with Crippen molar-refractivity contribution in [3.05, 3.63) is 29.3 Å². The van der Waals surface area contributed by atoms with E-state index in [1.54, 1.807) is 0 Å². The van der Waals surface area contributed by atoms with Gasteiger partial charge in [0.15, 0.2) is 0 Å². The first-order valence-corrected chi connectivity index (χ1v) is 5.57. The number of carboxylic acid groups (broad SMARTS) is 1. The fourth-order valence-corrected chi connectivity index (χ4v) is 1.84. The quantitative estimate of drug-likeness (QED) is 0.877. The lowest BCUT2D eigenvalue weighted by Crippen LogP contribution is -2.10. The summed E-state index contributed by atoms with van der Waals surface area (Å²) in [5.41, 5.74) is -1.66. The molecule has 0 aliphatic carbocycles. The van der Waals surface area contributed by atoms with Gasteiger partial charge in [-0.25, -0.2) is 4.79 Å². The van der Waals surface area contributed by atoms with E-state index in [-0.39, 0.29) is 4.90 Å². The minimum Gasteiger partial charge on any atom is -0.478 e. The van der Waals surface area contributed by atoms with E-state index in [4.69, 9.17) is 5.11 Å². The zero-order valence-corrected chi connectivity index (χ0v) is 8.85. The maximum atomic E-state index is 12.3. The van der Waals surface area contributed by atoms with Crippen molar-refractivity contribution in [2.75, 3.05) is 6.26 Å². The molecule has 1 aromatic carbocycles. The molecule has 3 nitrogen and oxygen atoms in total. The number of hydrogen-bond acceptors (Lipinski definition) is 2. The van der Waals surface area contributed by atoms with Gasteiger partial charge in [0.25, 0.3) is 0 Å². The second-order valence-electron chi connectivity index (χ2n) is 2.97.